The summed E-state index contributed by atoms with van der Waals surface area (Å²) in [6, 6.07) is 0. The van der Waals surface area contributed by atoms with Gasteiger partial charge >= 0.3 is 0 Å². The fraction of sp³-hybridized carbons (Fsp3) is 1.00. The maximum Gasteiger partial charge on any atom is 0.204 e. The standard InChI is InChI=1S/C4H10N2O2S/c7-9(8)6-3-1-5-2-4-6/h5,9H,1-4H2. The highest BCUT2D eigenvalue weighted by molar-refractivity contribution is 7.69. The number of hydrogen-bond donors (Lipinski definition) is 2. The van der Waals surface area contributed by atoms with Crippen LogP contribution in [0, 0.1) is 0 Å². The van der Waals surface area contributed by atoms with Gasteiger partial charge in [-0.3, -0.25) is 0 Å². The van der Waals surface area contributed by atoms with Crippen LogP contribution in [0.25, 0.3) is 0 Å². The molecule has 0 spiro atoms. The van der Waals surface area contributed by atoms with Crippen molar-refractivity contribution in [1.29, 1.82) is 0 Å². The molecule has 1 saturated heterocycles. The first kappa shape index (κ1) is 6.98. The highest BCUT2D eigenvalue weighted by Gasteiger charge is 2.09. The van der Waals surface area contributed by atoms with Crippen LogP contribution in [-0.4, -0.2) is 38.9 Å². The molecule has 1 fully saturated rings. The molecule has 5 heteroatoms. The molecule has 0 aromatic heterocycles. The fourth-order valence-electron chi connectivity index (χ4n) is 0.816. The van der Waals surface area contributed by atoms with Crippen molar-refractivity contribution in [3.63, 3.8) is 0 Å². The summed E-state index contributed by atoms with van der Waals surface area (Å²) in [6.07, 6.45) is 0. The van der Waals surface area contributed by atoms with Gasteiger partial charge in [0.2, 0.25) is 10.9 Å². The van der Waals surface area contributed by atoms with Gasteiger partial charge in [0.25, 0.3) is 0 Å². The SMILES string of the molecule is O=[SH](=O)N1CCNCC1. The first-order valence-corrected chi connectivity index (χ1v) is 4.04. The van der Waals surface area contributed by atoms with E-state index in [1.165, 1.54) is 4.31 Å². The Morgan fingerprint density at radius 3 is 2.11 bits per heavy atom. The van der Waals surface area contributed by atoms with Crippen molar-refractivity contribution in [3.8, 4) is 0 Å². The first-order valence-electron chi connectivity index (χ1n) is 2.90. The Balaban J connectivity index is 2.40. The third-order valence-electron chi connectivity index (χ3n) is 1.32. The van der Waals surface area contributed by atoms with E-state index in [0.717, 1.165) is 13.1 Å². The predicted molar refractivity (Wildman–Crippen MR) is 34.8 cm³/mol. The van der Waals surface area contributed by atoms with E-state index in [-0.39, 0.29) is 0 Å². The van der Waals surface area contributed by atoms with Gasteiger partial charge in [-0.1, -0.05) is 0 Å². The molecule has 0 radical (unpaired) electrons. The number of nitrogens with zero attached hydrogens (tertiary/aromatic N) is 1. The van der Waals surface area contributed by atoms with Crippen molar-refractivity contribution in [2.45, 2.75) is 0 Å². The largest absolute Gasteiger partial charge is 0.314 e. The Morgan fingerprint density at radius 2 is 1.78 bits per heavy atom. The molecule has 0 bridgehead atoms. The third kappa shape index (κ3) is 1.92. The Morgan fingerprint density at radius 1 is 1.22 bits per heavy atom. The second-order valence-electron chi connectivity index (χ2n) is 1.94. The van der Waals surface area contributed by atoms with E-state index in [9.17, 15) is 8.42 Å². The molecule has 0 atom stereocenters. The second kappa shape index (κ2) is 3.14. The van der Waals surface area contributed by atoms with E-state index < -0.39 is 10.9 Å². The van der Waals surface area contributed by atoms with Gasteiger partial charge in [-0.15, -0.1) is 0 Å². The molecule has 4 nitrogen and oxygen atoms in total. The first-order chi connectivity index (χ1) is 4.30. The van der Waals surface area contributed by atoms with Crippen molar-refractivity contribution in [3.05, 3.63) is 0 Å². The molecule has 0 aromatic rings. The molecule has 1 rings (SSSR count). The van der Waals surface area contributed by atoms with Crippen LogP contribution in [0.5, 0.6) is 0 Å². The lowest BCUT2D eigenvalue weighted by Crippen LogP contribution is -2.42. The van der Waals surface area contributed by atoms with Crippen molar-refractivity contribution in [1.82, 2.24) is 9.62 Å². The van der Waals surface area contributed by atoms with E-state index in [1.54, 1.807) is 0 Å². The smallest absolute Gasteiger partial charge is 0.204 e. The maximum absolute atomic E-state index is 10.3. The summed E-state index contributed by atoms with van der Waals surface area (Å²) in [5, 5.41) is 3.06. The van der Waals surface area contributed by atoms with Gasteiger partial charge in [-0.2, -0.15) is 0 Å². The molecule has 0 amide bonds. The van der Waals surface area contributed by atoms with Gasteiger partial charge in [0.1, 0.15) is 0 Å². The third-order valence-corrected chi connectivity index (χ3v) is 2.19. The molecule has 0 unspecified atom stereocenters. The highest BCUT2D eigenvalue weighted by atomic mass is 32.2. The lowest BCUT2D eigenvalue weighted by atomic mass is 10.4. The van der Waals surface area contributed by atoms with Crippen LogP contribution in [0.2, 0.25) is 0 Å². The minimum atomic E-state index is -2.33. The summed E-state index contributed by atoms with van der Waals surface area (Å²) in [5.74, 6) is 0. The average molecular weight is 150 g/mol. The van der Waals surface area contributed by atoms with Gasteiger partial charge in [0, 0.05) is 26.2 Å². The number of nitrogens with one attached hydrogen (secondary N) is 1. The van der Waals surface area contributed by atoms with E-state index in [0.29, 0.717) is 13.1 Å². The maximum atomic E-state index is 10.3. The van der Waals surface area contributed by atoms with Gasteiger partial charge < -0.3 is 5.32 Å². The molecule has 9 heavy (non-hydrogen) atoms. The highest BCUT2D eigenvalue weighted by Crippen LogP contribution is 1.89. The molecule has 54 valence electrons. The van der Waals surface area contributed by atoms with Crippen molar-refractivity contribution < 1.29 is 8.42 Å². The van der Waals surface area contributed by atoms with E-state index in [2.05, 4.69) is 5.32 Å². The number of thiol groups is 1. The van der Waals surface area contributed by atoms with Gasteiger partial charge in [-0.05, 0) is 0 Å². The summed E-state index contributed by atoms with van der Waals surface area (Å²) in [5.41, 5.74) is 0. The second-order valence-corrected chi connectivity index (χ2v) is 2.98. The van der Waals surface area contributed by atoms with Crippen LogP contribution in [-0.2, 0) is 10.9 Å². The van der Waals surface area contributed by atoms with Crippen LogP contribution in [0.15, 0.2) is 0 Å². The minimum Gasteiger partial charge on any atom is -0.314 e. The Kier molecular flexibility index (Phi) is 2.44. The molecule has 1 aliphatic heterocycles. The Hall–Kier alpha value is -0.130. The van der Waals surface area contributed by atoms with E-state index in [4.69, 9.17) is 0 Å². The van der Waals surface area contributed by atoms with Crippen molar-refractivity contribution >= 4 is 10.9 Å². The van der Waals surface area contributed by atoms with Crippen LogP contribution in [0.4, 0.5) is 0 Å². The summed E-state index contributed by atoms with van der Waals surface area (Å²) in [6.45, 7) is 2.81. The zero-order valence-corrected chi connectivity index (χ0v) is 5.93. The van der Waals surface area contributed by atoms with E-state index in [1.807, 2.05) is 0 Å². The predicted octanol–water partition coefficient (Wildman–Crippen LogP) is -1.58. The molecule has 0 aromatic carbocycles. The van der Waals surface area contributed by atoms with E-state index >= 15 is 0 Å². The molecular formula is C4H10N2O2S. The number of hydrogen-bond acceptors (Lipinski definition) is 3. The molecule has 1 N–H and O–H groups in total. The average Bonchev–Trinajstić information content (AvgIpc) is 1.90. The summed E-state index contributed by atoms with van der Waals surface area (Å²) >= 11 is 0. The molecular weight excluding hydrogens is 140 g/mol. The summed E-state index contributed by atoms with van der Waals surface area (Å²) in [7, 11) is -2.33. The lowest BCUT2D eigenvalue weighted by molar-refractivity contribution is 0.370. The monoisotopic (exact) mass is 150 g/mol. The molecule has 0 aliphatic carbocycles. The Labute approximate surface area is 55.9 Å². The van der Waals surface area contributed by atoms with Crippen LogP contribution in [0.3, 0.4) is 0 Å². The number of rotatable bonds is 1. The minimum absolute atomic E-state index is 0.624. The molecule has 1 aliphatic rings. The normalized spacial score (nSPS) is 22.8. The topological polar surface area (TPSA) is 49.4 Å². The fourth-order valence-corrected chi connectivity index (χ4v) is 1.34. The van der Waals surface area contributed by atoms with Crippen LogP contribution >= 0.6 is 0 Å². The zero-order chi connectivity index (χ0) is 6.69. The Bertz CT molecular complexity index is 143. The van der Waals surface area contributed by atoms with Crippen LogP contribution < -0.4 is 5.32 Å². The molecule has 0 saturated carbocycles. The zero-order valence-electron chi connectivity index (χ0n) is 5.04. The lowest BCUT2D eigenvalue weighted by Gasteiger charge is -2.20. The van der Waals surface area contributed by atoms with Gasteiger partial charge in [0.15, 0.2) is 0 Å². The number of piperazine rings is 1. The summed E-state index contributed by atoms with van der Waals surface area (Å²) < 4.78 is 22.0. The van der Waals surface area contributed by atoms with Gasteiger partial charge in [0.05, 0.1) is 0 Å². The van der Waals surface area contributed by atoms with Crippen LogP contribution in [0.1, 0.15) is 0 Å². The van der Waals surface area contributed by atoms with Crippen molar-refractivity contribution in [2.24, 2.45) is 0 Å². The van der Waals surface area contributed by atoms with Crippen molar-refractivity contribution in [2.75, 3.05) is 26.2 Å². The quantitative estimate of drug-likeness (QED) is 0.443. The molecule has 1 heterocycles. The summed E-state index contributed by atoms with van der Waals surface area (Å²) in [4.78, 5) is 0. The van der Waals surface area contributed by atoms with Gasteiger partial charge in [-0.25, -0.2) is 12.7 Å².